The maximum absolute atomic E-state index is 9.29. The van der Waals surface area contributed by atoms with Crippen LogP contribution in [0.15, 0.2) is 0 Å². The Bertz CT molecular complexity index is 242. The highest BCUT2D eigenvalue weighted by molar-refractivity contribution is 4.82. The molecule has 1 aliphatic carbocycles. The highest BCUT2D eigenvalue weighted by atomic mass is 16.3. The minimum Gasteiger partial charge on any atom is -0.396 e. The van der Waals surface area contributed by atoms with Crippen molar-refractivity contribution >= 4 is 0 Å². The van der Waals surface area contributed by atoms with Crippen molar-refractivity contribution in [2.45, 2.75) is 72.8 Å². The lowest BCUT2D eigenvalue weighted by molar-refractivity contribution is 0.151. The fourth-order valence-corrected chi connectivity index (χ4v) is 2.85. The Hall–Kier alpha value is -0.0800. The van der Waals surface area contributed by atoms with Gasteiger partial charge in [0.2, 0.25) is 0 Å². The minimum atomic E-state index is 0.00966. The number of rotatable bonds is 4. The quantitative estimate of drug-likeness (QED) is 0.752. The zero-order valence-corrected chi connectivity index (χ0v) is 13.1. The molecule has 0 aromatic rings. The van der Waals surface area contributed by atoms with E-state index in [1.165, 1.54) is 32.1 Å². The summed E-state index contributed by atoms with van der Waals surface area (Å²) in [5.74, 6) is 0.871. The molecule has 0 spiro atoms. The van der Waals surface area contributed by atoms with E-state index in [1.807, 2.05) is 0 Å². The third-order valence-electron chi connectivity index (χ3n) is 4.49. The van der Waals surface area contributed by atoms with Gasteiger partial charge in [-0.25, -0.2) is 0 Å². The lowest BCUT2D eigenvalue weighted by Gasteiger charge is -2.30. The van der Waals surface area contributed by atoms with Gasteiger partial charge in [0.05, 0.1) is 0 Å². The van der Waals surface area contributed by atoms with Crippen molar-refractivity contribution < 1.29 is 5.11 Å². The third-order valence-corrected chi connectivity index (χ3v) is 4.49. The largest absolute Gasteiger partial charge is 0.396 e. The highest BCUT2D eigenvalue weighted by Gasteiger charge is 2.28. The first-order valence-corrected chi connectivity index (χ1v) is 7.59. The highest BCUT2D eigenvalue weighted by Crippen LogP contribution is 2.36. The summed E-state index contributed by atoms with van der Waals surface area (Å²) in [5.41, 5.74) is 0.467. The van der Waals surface area contributed by atoms with E-state index in [-0.39, 0.29) is 12.0 Å². The van der Waals surface area contributed by atoms with Crippen LogP contribution in [0.2, 0.25) is 0 Å². The van der Waals surface area contributed by atoms with Crippen molar-refractivity contribution in [3.63, 3.8) is 0 Å². The topological polar surface area (TPSA) is 32.3 Å². The summed E-state index contributed by atoms with van der Waals surface area (Å²) in [6, 6.07) is 0.656. The van der Waals surface area contributed by atoms with Gasteiger partial charge in [-0.05, 0) is 37.0 Å². The van der Waals surface area contributed by atoms with Gasteiger partial charge in [0.1, 0.15) is 0 Å². The molecule has 1 saturated carbocycles. The van der Waals surface area contributed by atoms with Gasteiger partial charge in [-0.15, -0.1) is 0 Å². The van der Waals surface area contributed by atoms with E-state index >= 15 is 0 Å². The van der Waals surface area contributed by atoms with E-state index in [1.54, 1.807) is 0 Å². The first-order valence-electron chi connectivity index (χ1n) is 7.59. The smallest absolute Gasteiger partial charge is 0.0494 e. The number of aliphatic hydroxyl groups excluding tert-OH is 1. The summed E-state index contributed by atoms with van der Waals surface area (Å²) in [5, 5.41) is 13.0. The minimum absolute atomic E-state index is 0.00966. The van der Waals surface area contributed by atoms with Gasteiger partial charge >= 0.3 is 0 Å². The maximum atomic E-state index is 9.29. The second-order valence-corrected chi connectivity index (χ2v) is 7.97. The molecule has 108 valence electrons. The molecule has 18 heavy (non-hydrogen) atoms. The predicted octanol–water partition coefficient (Wildman–Crippen LogP) is 3.59. The van der Waals surface area contributed by atoms with Crippen LogP contribution in [0.1, 0.15) is 66.7 Å². The van der Waals surface area contributed by atoms with Crippen LogP contribution in [0, 0.1) is 16.7 Å². The lowest BCUT2D eigenvalue weighted by atomic mass is 9.76. The molecule has 0 heterocycles. The van der Waals surface area contributed by atoms with E-state index in [0.717, 1.165) is 12.5 Å². The van der Waals surface area contributed by atoms with Gasteiger partial charge in [0.15, 0.2) is 0 Å². The van der Waals surface area contributed by atoms with Crippen LogP contribution >= 0.6 is 0 Å². The van der Waals surface area contributed by atoms with Gasteiger partial charge in [0, 0.05) is 24.6 Å². The first kappa shape index (κ1) is 16.0. The molecule has 0 amide bonds. The molecule has 1 rings (SSSR count). The molecule has 0 bridgehead atoms. The van der Waals surface area contributed by atoms with Crippen LogP contribution in [-0.2, 0) is 0 Å². The van der Waals surface area contributed by atoms with Gasteiger partial charge in [-0.3, -0.25) is 0 Å². The summed E-state index contributed by atoms with van der Waals surface area (Å²) in [6.45, 7) is 12.6. The molecular formula is C16H33NO. The fraction of sp³-hybridized carbons (Fsp3) is 1.00. The van der Waals surface area contributed by atoms with E-state index < -0.39 is 0 Å². The average Bonchev–Trinajstić information content (AvgIpc) is 2.51. The molecule has 1 fully saturated rings. The summed E-state index contributed by atoms with van der Waals surface area (Å²) in [7, 11) is 0. The number of aliphatic hydroxyl groups is 1. The molecule has 0 aromatic carbocycles. The fourth-order valence-electron chi connectivity index (χ4n) is 2.85. The average molecular weight is 255 g/mol. The zero-order valence-electron chi connectivity index (χ0n) is 13.1. The standard InChI is InChI=1S/C16H33NO/c1-15(2,3)13-7-6-8-14(10-9-13)17-11-16(4,5)12-18/h13-14,17-18H,6-12H2,1-5H3. The molecule has 2 N–H and O–H groups in total. The van der Waals surface area contributed by atoms with Crippen LogP contribution in [0.5, 0.6) is 0 Å². The van der Waals surface area contributed by atoms with Crippen LogP contribution in [-0.4, -0.2) is 24.3 Å². The number of hydrogen-bond donors (Lipinski definition) is 2. The number of nitrogens with one attached hydrogen (secondary N) is 1. The molecule has 2 nitrogen and oxygen atoms in total. The molecule has 0 saturated heterocycles. The van der Waals surface area contributed by atoms with Crippen molar-refractivity contribution in [2.24, 2.45) is 16.7 Å². The SMILES string of the molecule is CC(C)(CO)CNC1CCCC(C(C)(C)C)CC1. The molecule has 2 heteroatoms. The van der Waals surface area contributed by atoms with Crippen molar-refractivity contribution in [3.8, 4) is 0 Å². The summed E-state index contributed by atoms with van der Waals surface area (Å²) >= 11 is 0. The van der Waals surface area contributed by atoms with Gasteiger partial charge in [0.25, 0.3) is 0 Å². The summed E-state index contributed by atoms with van der Waals surface area (Å²) in [6.07, 6.45) is 6.67. The van der Waals surface area contributed by atoms with E-state index in [2.05, 4.69) is 39.9 Å². The third kappa shape index (κ3) is 5.27. The van der Waals surface area contributed by atoms with Crippen molar-refractivity contribution in [2.75, 3.05) is 13.2 Å². The Morgan fingerprint density at radius 1 is 1.00 bits per heavy atom. The van der Waals surface area contributed by atoms with Gasteiger partial charge in [-0.1, -0.05) is 41.0 Å². The Balaban J connectivity index is 2.38. The van der Waals surface area contributed by atoms with Crippen molar-refractivity contribution in [1.82, 2.24) is 5.32 Å². The number of hydrogen-bond acceptors (Lipinski definition) is 2. The zero-order chi connectivity index (χ0) is 13.8. The first-order chi connectivity index (χ1) is 8.24. The van der Waals surface area contributed by atoms with Crippen molar-refractivity contribution in [1.29, 1.82) is 0 Å². The second-order valence-electron chi connectivity index (χ2n) is 7.97. The van der Waals surface area contributed by atoms with Crippen LogP contribution in [0.25, 0.3) is 0 Å². The molecule has 2 atom stereocenters. The molecular weight excluding hydrogens is 222 g/mol. The monoisotopic (exact) mass is 255 g/mol. The Morgan fingerprint density at radius 2 is 1.67 bits per heavy atom. The normalized spacial score (nSPS) is 27.0. The summed E-state index contributed by atoms with van der Waals surface area (Å²) in [4.78, 5) is 0. The van der Waals surface area contributed by atoms with Crippen molar-refractivity contribution in [3.05, 3.63) is 0 Å². The molecule has 0 aliphatic heterocycles. The molecule has 0 aromatic heterocycles. The Morgan fingerprint density at radius 3 is 2.22 bits per heavy atom. The van der Waals surface area contributed by atoms with Crippen LogP contribution in [0.3, 0.4) is 0 Å². The molecule has 2 unspecified atom stereocenters. The predicted molar refractivity (Wildman–Crippen MR) is 78.7 cm³/mol. The Kier molecular flexibility index (Phi) is 5.67. The summed E-state index contributed by atoms with van der Waals surface area (Å²) < 4.78 is 0. The van der Waals surface area contributed by atoms with E-state index in [9.17, 15) is 5.11 Å². The van der Waals surface area contributed by atoms with Crippen LogP contribution in [0.4, 0.5) is 0 Å². The molecule has 1 aliphatic rings. The van der Waals surface area contributed by atoms with Crippen LogP contribution < -0.4 is 5.32 Å². The second kappa shape index (κ2) is 6.38. The maximum Gasteiger partial charge on any atom is 0.0494 e. The van der Waals surface area contributed by atoms with Gasteiger partial charge in [-0.2, -0.15) is 0 Å². The molecule has 0 radical (unpaired) electrons. The van der Waals surface area contributed by atoms with E-state index in [4.69, 9.17) is 0 Å². The van der Waals surface area contributed by atoms with Gasteiger partial charge < -0.3 is 10.4 Å². The lowest BCUT2D eigenvalue weighted by Crippen LogP contribution is -2.38. The Labute approximate surface area is 114 Å². The van der Waals surface area contributed by atoms with E-state index in [0.29, 0.717) is 11.5 Å².